The molecule has 82 valence electrons. The van der Waals surface area contributed by atoms with Crippen LogP contribution in [0.5, 0.6) is 0 Å². The van der Waals surface area contributed by atoms with E-state index in [9.17, 15) is 4.39 Å². The van der Waals surface area contributed by atoms with Crippen LogP contribution in [-0.4, -0.2) is 9.97 Å². The summed E-state index contributed by atoms with van der Waals surface area (Å²) in [4.78, 5) is 8.07. The topological polar surface area (TPSA) is 37.8 Å². The van der Waals surface area contributed by atoms with Crippen molar-refractivity contribution in [3.63, 3.8) is 0 Å². The predicted molar refractivity (Wildman–Crippen MR) is 63.5 cm³/mol. The highest BCUT2D eigenvalue weighted by Gasteiger charge is 2.02. The molecule has 0 saturated heterocycles. The third-order valence-corrected chi connectivity index (χ3v) is 2.48. The van der Waals surface area contributed by atoms with Gasteiger partial charge in [0.1, 0.15) is 11.6 Å². The maximum absolute atomic E-state index is 13.4. The summed E-state index contributed by atoms with van der Waals surface area (Å²) in [5.41, 5.74) is 0.440. The van der Waals surface area contributed by atoms with Crippen LogP contribution in [0.15, 0.2) is 41.1 Å². The van der Waals surface area contributed by atoms with Crippen molar-refractivity contribution in [1.29, 1.82) is 0 Å². The van der Waals surface area contributed by atoms with E-state index in [-0.39, 0.29) is 5.82 Å². The summed E-state index contributed by atoms with van der Waals surface area (Å²) in [6, 6.07) is 6.59. The summed E-state index contributed by atoms with van der Waals surface area (Å²) in [5, 5.41) is 2.94. The fraction of sp³-hybridized carbons (Fsp3) is 0.0909. The maximum atomic E-state index is 13.4. The summed E-state index contributed by atoms with van der Waals surface area (Å²) in [5.74, 6) is 0.329. The number of rotatable bonds is 3. The Labute approximate surface area is 101 Å². The van der Waals surface area contributed by atoms with Gasteiger partial charge in [-0.15, -0.1) is 0 Å². The lowest BCUT2D eigenvalue weighted by atomic mass is 10.3. The largest absolute Gasteiger partial charge is 0.375 e. The molecular weight excluding hydrogens is 273 g/mol. The van der Waals surface area contributed by atoms with Gasteiger partial charge in [0.2, 0.25) is 0 Å². The first kappa shape index (κ1) is 11.0. The Morgan fingerprint density at radius 2 is 2.00 bits per heavy atom. The minimum atomic E-state index is -0.301. The van der Waals surface area contributed by atoms with E-state index >= 15 is 0 Å². The van der Waals surface area contributed by atoms with E-state index in [1.807, 2.05) is 0 Å². The molecular formula is C11H9BrFN3. The van der Waals surface area contributed by atoms with E-state index in [1.54, 1.807) is 30.6 Å². The molecule has 0 amide bonds. The molecule has 0 aliphatic heterocycles. The Morgan fingerprint density at radius 1 is 1.25 bits per heavy atom. The van der Waals surface area contributed by atoms with Gasteiger partial charge in [-0.3, -0.25) is 0 Å². The molecule has 0 fully saturated rings. The molecule has 0 unspecified atom stereocenters. The van der Waals surface area contributed by atoms with E-state index in [2.05, 4.69) is 31.2 Å². The van der Waals surface area contributed by atoms with Gasteiger partial charge in [0.15, 0.2) is 0 Å². The lowest BCUT2D eigenvalue weighted by Gasteiger charge is -2.06. The van der Waals surface area contributed by atoms with Crippen LogP contribution in [0, 0.1) is 5.82 Å². The van der Waals surface area contributed by atoms with E-state index in [1.165, 1.54) is 6.07 Å². The number of aromatic nitrogens is 2. The van der Waals surface area contributed by atoms with Gasteiger partial charge in [-0.05, 0) is 24.3 Å². The van der Waals surface area contributed by atoms with Crippen LogP contribution in [0.1, 0.15) is 5.82 Å². The number of nitrogens with zero attached hydrogens (tertiary/aromatic N) is 2. The highest BCUT2D eigenvalue weighted by atomic mass is 79.9. The molecule has 2 aromatic rings. The molecule has 1 aromatic heterocycles. The van der Waals surface area contributed by atoms with Crippen molar-refractivity contribution in [1.82, 2.24) is 9.97 Å². The molecule has 5 heteroatoms. The minimum absolute atomic E-state index is 0.301. The molecule has 0 spiro atoms. The second-order valence-electron chi connectivity index (χ2n) is 3.14. The summed E-state index contributed by atoms with van der Waals surface area (Å²) >= 11 is 3.20. The minimum Gasteiger partial charge on any atom is -0.375 e. The molecule has 0 radical (unpaired) electrons. The number of nitrogens with one attached hydrogen (secondary N) is 1. The molecule has 0 aliphatic carbocycles. The predicted octanol–water partition coefficient (Wildman–Crippen LogP) is 2.99. The lowest BCUT2D eigenvalue weighted by molar-refractivity contribution is 0.629. The fourth-order valence-electron chi connectivity index (χ4n) is 1.23. The Kier molecular flexibility index (Phi) is 3.46. The smallest absolute Gasteiger partial charge is 0.147 e. The van der Waals surface area contributed by atoms with Gasteiger partial charge in [-0.25, -0.2) is 14.4 Å². The normalized spacial score (nSPS) is 10.1. The van der Waals surface area contributed by atoms with Crippen molar-refractivity contribution in [2.75, 3.05) is 5.32 Å². The monoisotopic (exact) mass is 281 g/mol. The van der Waals surface area contributed by atoms with Gasteiger partial charge in [-0.2, -0.15) is 0 Å². The zero-order chi connectivity index (χ0) is 11.4. The average Bonchev–Trinajstić information content (AvgIpc) is 2.29. The second kappa shape index (κ2) is 5.03. The van der Waals surface area contributed by atoms with Crippen LogP contribution in [0.3, 0.4) is 0 Å². The van der Waals surface area contributed by atoms with Crippen LogP contribution in [0.2, 0.25) is 0 Å². The molecule has 1 aromatic carbocycles. The second-order valence-corrected chi connectivity index (χ2v) is 4.06. The Balaban J connectivity index is 2.05. The van der Waals surface area contributed by atoms with Gasteiger partial charge in [-0.1, -0.05) is 15.9 Å². The Morgan fingerprint density at radius 3 is 2.69 bits per heavy atom. The highest BCUT2D eigenvalue weighted by molar-refractivity contribution is 9.10. The first-order chi connectivity index (χ1) is 7.75. The number of halogens is 2. The van der Waals surface area contributed by atoms with Crippen LogP contribution >= 0.6 is 15.9 Å². The van der Waals surface area contributed by atoms with Crippen LogP contribution in [-0.2, 0) is 6.54 Å². The molecule has 3 nitrogen and oxygen atoms in total. The van der Waals surface area contributed by atoms with Crippen LogP contribution < -0.4 is 5.32 Å². The molecule has 16 heavy (non-hydrogen) atoms. The number of hydrogen-bond donors (Lipinski definition) is 1. The van der Waals surface area contributed by atoms with Gasteiger partial charge in [0.25, 0.3) is 0 Å². The molecule has 1 N–H and O–H groups in total. The fourth-order valence-corrected chi connectivity index (χ4v) is 1.56. The molecule has 1 heterocycles. The van der Waals surface area contributed by atoms with Gasteiger partial charge in [0.05, 0.1) is 12.2 Å². The SMILES string of the molecule is Fc1cc(Br)ccc1NCc1ncccn1. The first-order valence-electron chi connectivity index (χ1n) is 4.70. The maximum Gasteiger partial charge on any atom is 0.147 e. The van der Waals surface area contributed by atoms with Gasteiger partial charge >= 0.3 is 0 Å². The number of benzene rings is 1. The van der Waals surface area contributed by atoms with E-state index in [4.69, 9.17) is 0 Å². The van der Waals surface area contributed by atoms with Crippen molar-refractivity contribution >= 4 is 21.6 Å². The summed E-state index contributed by atoms with van der Waals surface area (Å²) in [7, 11) is 0. The summed E-state index contributed by atoms with van der Waals surface area (Å²) in [6.45, 7) is 0.402. The molecule has 0 bridgehead atoms. The van der Waals surface area contributed by atoms with Crippen LogP contribution in [0.4, 0.5) is 10.1 Å². The Hall–Kier alpha value is -1.49. The molecule has 0 atom stereocenters. The van der Waals surface area contributed by atoms with E-state index < -0.39 is 0 Å². The van der Waals surface area contributed by atoms with Gasteiger partial charge < -0.3 is 5.32 Å². The van der Waals surface area contributed by atoms with E-state index in [0.29, 0.717) is 22.5 Å². The van der Waals surface area contributed by atoms with Gasteiger partial charge in [0, 0.05) is 16.9 Å². The molecule has 0 aliphatic rings. The highest BCUT2D eigenvalue weighted by Crippen LogP contribution is 2.19. The summed E-state index contributed by atoms with van der Waals surface area (Å²) < 4.78 is 14.1. The van der Waals surface area contributed by atoms with Crippen LogP contribution in [0.25, 0.3) is 0 Å². The van der Waals surface area contributed by atoms with Crippen molar-refractivity contribution in [2.45, 2.75) is 6.54 Å². The number of anilines is 1. The average molecular weight is 282 g/mol. The Bertz CT molecular complexity index is 476. The quantitative estimate of drug-likeness (QED) is 0.940. The standard InChI is InChI=1S/C11H9BrFN3/c12-8-2-3-10(9(13)6-8)16-7-11-14-4-1-5-15-11/h1-6,16H,7H2. The first-order valence-corrected chi connectivity index (χ1v) is 5.50. The zero-order valence-electron chi connectivity index (χ0n) is 8.32. The molecule has 2 rings (SSSR count). The van der Waals surface area contributed by atoms with E-state index in [0.717, 1.165) is 0 Å². The third-order valence-electron chi connectivity index (χ3n) is 1.99. The van der Waals surface area contributed by atoms with Crippen molar-refractivity contribution in [3.8, 4) is 0 Å². The zero-order valence-corrected chi connectivity index (χ0v) is 9.91. The van der Waals surface area contributed by atoms with Crippen molar-refractivity contribution < 1.29 is 4.39 Å². The summed E-state index contributed by atoms with van der Waals surface area (Å²) in [6.07, 6.45) is 3.31. The number of hydrogen-bond acceptors (Lipinski definition) is 3. The van der Waals surface area contributed by atoms with Crippen molar-refractivity contribution in [3.05, 3.63) is 52.8 Å². The lowest BCUT2D eigenvalue weighted by Crippen LogP contribution is -2.04. The third kappa shape index (κ3) is 2.76. The molecule has 0 saturated carbocycles. The van der Waals surface area contributed by atoms with Crippen molar-refractivity contribution in [2.24, 2.45) is 0 Å².